The van der Waals surface area contributed by atoms with Gasteiger partial charge in [0, 0.05) is 16.7 Å². The van der Waals surface area contributed by atoms with Crippen molar-refractivity contribution in [3.8, 4) is 5.75 Å². The fourth-order valence-corrected chi connectivity index (χ4v) is 3.72. The summed E-state index contributed by atoms with van der Waals surface area (Å²) in [5.74, 6) is -0.181. The van der Waals surface area contributed by atoms with Gasteiger partial charge in [-0.2, -0.15) is 0 Å². The van der Waals surface area contributed by atoms with Crippen molar-refractivity contribution in [3.05, 3.63) is 88.4 Å². The molecule has 0 spiro atoms. The highest BCUT2D eigenvalue weighted by atomic mass is 79.9. The molecule has 2 N–H and O–H groups in total. The van der Waals surface area contributed by atoms with E-state index in [0.29, 0.717) is 29.1 Å². The Balaban J connectivity index is 1.79. The largest absolute Gasteiger partial charge is 0.496 e. The van der Waals surface area contributed by atoms with Crippen molar-refractivity contribution in [1.29, 1.82) is 0 Å². The Morgan fingerprint density at radius 2 is 1.69 bits per heavy atom. The maximum atomic E-state index is 13.3. The normalized spacial score (nSPS) is 10.2. The maximum Gasteiger partial charge on any atom is 0.261 e. The first kappa shape index (κ1) is 23.4. The summed E-state index contributed by atoms with van der Waals surface area (Å²) in [6.45, 7) is 2.41. The predicted octanol–water partition coefficient (Wildman–Crippen LogP) is 5.25. The number of halogens is 1. The van der Waals surface area contributed by atoms with Crippen LogP contribution in [-0.4, -0.2) is 30.6 Å². The Morgan fingerprint density at radius 1 is 1.00 bits per heavy atom. The van der Waals surface area contributed by atoms with Crippen molar-refractivity contribution < 1.29 is 14.3 Å². The van der Waals surface area contributed by atoms with Gasteiger partial charge in [-0.25, -0.2) is 0 Å². The number of para-hydroxylation sites is 2. The molecular weight excluding hydrogens is 490 g/mol. The van der Waals surface area contributed by atoms with Gasteiger partial charge in [0.25, 0.3) is 11.8 Å². The predicted molar refractivity (Wildman–Crippen MR) is 135 cm³/mol. The zero-order valence-electron chi connectivity index (χ0n) is 17.6. The van der Waals surface area contributed by atoms with E-state index < -0.39 is 5.91 Å². The highest BCUT2D eigenvalue weighted by Gasteiger charge is 2.20. The summed E-state index contributed by atoms with van der Waals surface area (Å²) < 4.78 is 5.99. The van der Waals surface area contributed by atoms with Crippen LogP contribution in [0, 0.1) is 0 Å². The first-order chi connectivity index (χ1) is 15.4. The first-order valence-electron chi connectivity index (χ1n) is 9.86. The molecule has 2 amide bonds. The Bertz CT molecular complexity index is 1140. The Labute approximate surface area is 200 Å². The molecule has 0 aromatic heterocycles. The lowest BCUT2D eigenvalue weighted by molar-refractivity contribution is 0.0971. The van der Waals surface area contributed by atoms with Crippen molar-refractivity contribution >= 4 is 56.4 Å². The number of benzene rings is 3. The second-order valence-corrected chi connectivity index (χ2v) is 8.01. The van der Waals surface area contributed by atoms with Gasteiger partial charge in [0.1, 0.15) is 5.75 Å². The van der Waals surface area contributed by atoms with E-state index in [1.165, 1.54) is 7.11 Å². The molecule has 0 aliphatic carbocycles. The highest BCUT2D eigenvalue weighted by Crippen LogP contribution is 2.24. The summed E-state index contributed by atoms with van der Waals surface area (Å²) >= 11 is 8.69. The number of rotatable bonds is 6. The Morgan fingerprint density at radius 3 is 2.38 bits per heavy atom. The number of carbonyl (C=O) groups is 2. The van der Waals surface area contributed by atoms with Crippen molar-refractivity contribution in [3.63, 3.8) is 0 Å². The highest BCUT2D eigenvalue weighted by molar-refractivity contribution is 9.10. The minimum atomic E-state index is -0.427. The van der Waals surface area contributed by atoms with Gasteiger partial charge in [-0.15, -0.1) is 0 Å². The van der Waals surface area contributed by atoms with E-state index in [2.05, 4.69) is 26.6 Å². The van der Waals surface area contributed by atoms with Gasteiger partial charge in [0.05, 0.1) is 23.9 Å². The summed E-state index contributed by atoms with van der Waals surface area (Å²) in [5.41, 5.74) is 2.07. The van der Waals surface area contributed by atoms with Gasteiger partial charge >= 0.3 is 0 Å². The number of methoxy groups -OCH3 is 1. The van der Waals surface area contributed by atoms with Crippen molar-refractivity contribution in [2.75, 3.05) is 23.9 Å². The standard InChI is InChI=1S/C24H22BrN3O3S/c1-3-28(17-9-5-4-6-10-17)23(30)18-11-7-8-12-20(18)26-24(32)27-22(29)19-15-16(25)13-14-21(19)31-2/h4-15H,3H2,1-2H3,(H2,26,27,29,32). The quantitative estimate of drug-likeness (QED) is 0.442. The number of ether oxygens (including phenoxy) is 1. The average Bonchev–Trinajstić information content (AvgIpc) is 2.80. The van der Waals surface area contributed by atoms with Crippen molar-refractivity contribution in [2.45, 2.75) is 6.92 Å². The van der Waals surface area contributed by atoms with Gasteiger partial charge in [0.15, 0.2) is 5.11 Å². The van der Waals surface area contributed by atoms with Crippen LogP contribution in [0.5, 0.6) is 5.75 Å². The van der Waals surface area contributed by atoms with E-state index >= 15 is 0 Å². The molecule has 0 bridgehead atoms. The van der Waals surface area contributed by atoms with Gasteiger partial charge < -0.3 is 15.0 Å². The van der Waals surface area contributed by atoms with Crippen LogP contribution in [-0.2, 0) is 0 Å². The molecule has 0 atom stereocenters. The maximum absolute atomic E-state index is 13.3. The summed E-state index contributed by atoms with van der Waals surface area (Å²) in [5, 5.41) is 5.69. The summed E-state index contributed by atoms with van der Waals surface area (Å²) in [6.07, 6.45) is 0. The number of hydrogen-bond donors (Lipinski definition) is 2. The molecule has 3 rings (SSSR count). The summed E-state index contributed by atoms with van der Waals surface area (Å²) in [7, 11) is 1.49. The number of thiocarbonyl (C=S) groups is 1. The van der Waals surface area contributed by atoms with Crippen LogP contribution in [0.1, 0.15) is 27.6 Å². The molecule has 0 aliphatic rings. The van der Waals surface area contributed by atoms with Crippen molar-refractivity contribution in [1.82, 2.24) is 5.32 Å². The fourth-order valence-electron chi connectivity index (χ4n) is 3.16. The zero-order chi connectivity index (χ0) is 23.1. The third-order valence-electron chi connectivity index (χ3n) is 4.67. The van der Waals surface area contributed by atoms with Crippen molar-refractivity contribution in [2.24, 2.45) is 0 Å². The third kappa shape index (κ3) is 5.52. The van der Waals surface area contributed by atoms with E-state index in [4.69, 9.17) is 17.0 Å². The first-order valence-corrected chi connectivity index (χ1v) is 11.1. The Kier molecular flexibility index (Phi) is 7.97. The second-order valence-electron chi connectivity index (χ2n) is 6.68. The molecule has 0 saturated carbocycles. The molecule has 3 aromatic carbocycles. The van der Waals surface area contributed by atoms with E-state index in [1.807, 2.05) is 37.3 Å². The van der Waals surface area contributed by atoms with Crippen LogP contribution in [0.4, 0.5) is 11.4 Å². The number of anilines is 2. The lowest BCUT2D eigenvalue weighted by Gasteiger charge is -2.23. The molecule has 164 valence electrons. The minimum Gasteiger partial charge on any atom is -0.496 e. The lowest BCUT2D eigenvalue weighted by Crippen LogP contribution is -2.36. The summed E-state index contributed by atoms with van der Waals surface area (Å²) in [6, 6.07) is 21.6. The molecule has 0 aliphatic heterocycles. The molecule has 32 heavy (non-hydrogen) atoms. The lowest BCUT2D eigenvalue weighted by atomic mass is 10.1. The van der Waals surface area contributed by atoms with E-state index in [9.17, 15) is 9.59 Å². The third-order valence-corrected chi connectivity index (χ3v) is 5.37. The van der Waals surface area contributed by atoms with Crippen LogP contribution in [0.3, 0.4) is 0 Å². The van der Waals surface area contributed by atoms with E-state index in [0.717, 1.165) is 10.2 Å². The van der Waals surface area contributed by atoms with Gasteiger partial charge in [-0.1, -0.05) is 46.3 Å². The number of nitrogens with zero attached hydrogens (tertiary/aromatic N) is 1. The van der Waals surface area contributed by atoms with Crippen LogP contribution in [0.15, 0.2) is 77.3 Å². The van der Waals surface area contributed by atoms with Crippen LogP contribution < -0.4 is 20.3 Å². The van der Waals surface area contributed by atoms with Crippen LogP contribution in [0.25, 0.3) is 0 Å². The van der Waals surface area contributed by atoms with Crippen LogP contribution in [0.2, 0.25) is 0 Å². The molecule has 6 nitrogen and oxygen atoms in total. The number of hydrogen-bond acceptors (Lipinski definition) is 4. The molecule has 8 heteroatoms. The zero-order valence-corrected chi connectivity index (χ0v) is 20.0. The van der Waals surface area contributed by atoms with E-state index in [-0.39, 0.29) is 11.0 Å². The molecule has 0 radical (unpaired) electrons. The number of amides is 2. The Hall–Kier alpha value is -3.23. The number of carbonyl (C=O) groups excluding carboxylic acids is 2. The van der Waals surface area contributed by atoms with Gasteiger partial charge in [-0.05, 0) is 61.6 Å². The SMILES string of the molecule is CCN(C(=O)c1ccccc1NC(=S)NC(=O)c1cc(Br)ccc1OC)c1ccccc1. The molecular formula is C24H22BrN3O3S. The summed E-state index contributed by atoms with van der Waals surface area (Å²) in [4.78, 5) is 27.7. The minimum absolute atomic E-state index is 0.0695. The fraction of sp³-hybridized carbons (Fsp3) is 0.125. The van der Waals surface area contributed by atoms with Crippen LogP contribution >= 0.6 is 28.1 Å². The van der Waals surface area contributed by atoms with E-state index in [1.54, 1.807) is 47.4 Å². The topological polar surface area (TPSA) is 70.7 Å². The second kappa shape index (κ2) is 10.9. The van der Waals surface area contributed by atoms with Gasteiger partial charge in [0.2, 0.25) is 0 Å². The average molecular weight is 512 g/mol. The molecule has 0 heterocycles. The molecule has 3 aromatic rings. The van der Waals surface area contributed by atoms with Gasteiger partial charge in [-0.3, -0.25) is 14.9 Å². The monoisotopic (exact) mass is 511 g/mol. The molecule has 0 unspecified atom stereocenters. The molecule has 0 saturated heterocycles. The smallest absolute Gasteiger partial charge is 0.261 e. The number of nitrogens with one attached hydrogen (secondary N) is 2. The molecule has 0 fully saturated rings.